The van der Waals surface area contributed by atoms with Gasteiger partial charge < -0.3 is 10.2 Å². The average molecular weight is 381 g/mol. The maximum absolute atomic E-state index is 5.93. The molecule has 0 aliphatic heterocycles. The number of hydrogen-bond acceptors (Lipinski definition) is 4. The van der Waals surface area contributed by atoms with Gasteiger partial charge >= 0.3 is 0 Å². The van der Waals surface area contributed by atoms with Gasteiger partial charge in [-0.25, -0.2) is 4.98 Å². The number of anilines is 2. The van der Waals surface area contributed by atoms with E-state index in [1.807, 2.05) is 30.5 Å². The lowest BCUT2D eigenvalue weighted by atomic mass is 10.1. The van der Waals surface area contributed by atoms with Crippen molar-refractivity contribution in [3.8, 4) is 0 Å². The SMILES string of the molecule is CC(C)N(Cc1ccccc1)c1nccc(NCCc2ccc(Cl)cc2)n1. The van der Waals surface area contributed by atoms with Crippen LogP contribution in [0.25, 0.3) is 0 Å². The lowest BCUT2D eigenvalue weighted by molar-refractivity contribution is 0.661. The summed E-state index contributed by atoms with van der Waals surface area (Å²) in [6.45, 7) is 5.91. The van der Waals surface area contributed by atoms with E-state index in [0.29, 0.717) is 6.04 Å². The van der Waals surface area contributed by atoms with Crippen LogP contribution in [0.1, 0.15) is 25.0 Å². The zero-order valence-corrected chi connectivity index (χ0v) is 16.5. The van der Waals surface area contributed by atoms with Gasteiger partial charge in [0.1, 0.15) is 5.82 Å². The first-order valence-electron chi connectivity index (χ1n) is 9.24. The molecule has 0 aliphatic rings. The van der Waals surface area contributed by atoms with Crippen molar-refractivity contribution in [1.29, 1.82) is 0 Å². The molecule has 0 aliphatic carbocycles. The Bertz CT molecular complexity index is 834. The second kappa shape index (κ2) is 9.38. The molecule has 5 heteroatoms. The minimum absolute atomic E-state index is 0.300. The van der Waals surface area contributed by atoms with Gasteiger partial charge in [-0.3, -0.25) is 0 Å². The molecule has 1 heterocycles. The highest BCUT2D eigenvalue weighted by molar-refractivity contribution is 6.30. The summed E-state index contributed by atoms with van der Waals surface area (Å²) in [5.74, 6) is 1.58. The summed E-state index contributed by atoms with van der Waals surface area (Å²) >= 11 is 5.93. The van der Waals surface area contributed by atoms with Crippen LogP contribution in [0.2, 0.25) is 5.02 Å². The fourth-order valence-corrected chi connectivity index (χ4v) is 2.96. The van der Waals surface area contributed by atoms with Crippen molar-refractivity contribution in [3.05, 3.63) is 83.0 Å². The van der Waals surface area contributed by atoms with Crippen LogP contribution in [0, 0.1) is 0 Å². The summed E-state index contributed by atoms with van der Waals surface area (Å²) in [6, 6.07) is 20.6. The van der Waals surface area contributed by atoms with Gasteiger partial charge in [-0.15, -0.1) is 0 Å². The molecule has 3 aromatic rings. The van der Waals surface area contributed by atoms with Crippen molar-refractivity contribution < 1.29 is 0 Å². The summed E-state index contributed by atoms with van der Waals surface area (Å²) < 4.78 is 0. The molecule has 3 rings (SSSR count). The smallest absolute Gasteiger partial charge is 0.227 e. The Morgan fingerprint density at radius 3 is 2.41 bits per heavy atom. The molecule has 0 amide bonds. The Hall–Kier alpha value is -2.59. The minimum atomic E-state index is 0.300. The summed E-state index contributed by atoms with van der Waals surface area (Å²) in [5, 5.41) is 4.16. The predicted molar refractivity (Wildman–Crippen MR) is 113 cm³/mol. The van der Waals surface area contributed by atoms with E-state index >= 15 is 0 Å². The minimum Gasteiger partial charge on any atom is -0.370 e. The predicted octanol–water partition coefficient (Wildman–Crippen LogP) is 5.20. The van der Waals surface area contributed by atoms with Crippen molar-refractivity contribution in [2.45, 2.75) is 32.9 Å². The van der Waals surface area contributed by atoms with E-state index in [4.69, 9.17) is 16.6 Å². The third kappa shape index (κ3) is 5.69. The van der Waals surface area contributed by atoms with Crippen LogP contribution in [0.5, 0.6) is 0 Å². The number of nitrogens with zero attached hydrogens (tertiary/aromatic N) is 3. The maximum Gasteiger partial charge on any atom is 0.227 e. The quantitative estimate of drug-likeness (QED) is 0.583. The van der Waals surface area contributed by atoms with E-state index in [9.17, 15) is 0 Å². The molecule has 0 fully saturated rings. The van der Waals surface area contributed by atoms with Crippen LogP contribution < -0.4 is 10.2 Å². The molecule has 27 heavy (non-hydrogen) atoms. The van der Waals surface area contributed by atoms with E-state index < -0.39 is 0 Å². The number of nitrogens with one attached hydrogen (secondary N) is 1. The maximum atomic E-state index is 5.93. The molecular formula is C22H25ClN4. The van der Waals surface area contributed by atoms with Gasteiger partial charge in [-0.05, 0) is 49.6 Å². The number of aromatic nitrogens is 2. The number of rotatable bonds is 8. The Morgan fingerprint density at radius 2 is 1.70 bits per heavy atom. The van der Waals surface area contributed by atoms with Crippen LogP contribution in [-0.2, 0) is 13.0 Å². The highest BCUT2D eigenvalue weighted by atomic mass is 35.5. The van der Waals surface area contributed by atoms with E-state index in [2.05, 4.69) is 65.4 Å². The van der Waals surface area contributed by atoms with Crippen molar-refractivity contribution >= 4 is 23.4 Å². The van der Waals surface area contributed by atoms with Crippen molar-refractivity contribution in [2.75, 3.05) is 16.8 Å². The van der Waals surface area contributed by atoms with Crippen LogP contribution in [-0.4, -0.2) is 22.6 Å². The molecule has 0 saturated carbocycles. The molecule has 140 valence electrons. The molecule has 1 N–H and O–H groups in total. The Kier molecular flexibility index (Phi) is 6.66. The zero-order chi connectivity index (χ0) is 19.1. The number of halogens is 1. The third-order valence-electron chi connectivity index (χ3n) is 4.35. The molecule has 4 nitrogen and oxygen atoms in total. The molecule has 0 bridgehead atoms. The first-order chi connectivity index (χ1) is 13.1. The Labute approximate surface area is 166 Å². The third-order valence-corrected chi connectivity index (χ3v) is 4.60. The second-order valence-electron chi connectivity index (χ2n) is 6.75. The van der Waals surface area contributed by atoms with Gasteiger partial charge in [0.25, 0.3) is 0 Å². The van der Waals surface area contributed by atoms with Crippen molar-refractivity contribution in [2.24, 2.45) is 0 Å². The monoisotopic (exact) mass is 380 g/mol. The number of hydrogen-bond donors (Lipinski definition) is 1. The highest BCUT2D eigenvalue weighted by Gasteiger charge is 2.14. The zero-order valence-electron chi connectivity index (χ0n) is 15.8. The molecule has 1 aromatic heterocycles. The molecule has 0 saturated heterocycles. The van der Waals surface area contributed by atoms with Crippen LogP contribution in [0.4, 0.5) is 11.8 Å². The second-order valence-corrected chi connectivity index (χ2v) is 7.19. The first-order valence-corrected chi connectivity index (χ1v) is 9.61. The van der Waals surface area contributed by atoms with Gasteiger partial charge in [0.15, 0.2) is 0 Å². The van der Waals surface area contributed by atoms with Gasteiger partial charge in [0.05, 0.1) is 0 Å². The molecule has 0 radical (unpaired) electrons. The molecule has 0 atom stereocenters. The Balaban J connectivity index is 1.64. The molecule has 0 unspecified atom stereocenters. The standard InChI is InChI=1S/C22H25ClN4/c1-17(2)27(16-19-6-4-3-5-7-19)22-25-15-13-21(26-22)24-14-12-18-8-10-20(23)11-9-18/h3-11,13,15,17H,12,14,16H2,1-2H3,(H,24,25,26). The van der Waals surface area contributed by atoms with E-state index in [1.54, 1.807) is 0 Å². The van der Waals surface area contributed by atoms with E-state index in [0.717, 1.165) is 36.3 Å². The fourth-order valence-electron chi connectivity index (χ4n) is 2.84. The van der Waals surface area contributed by atoms with Crippen LogP contribution in [0.3, 0.4) is 0 Å². The lowest BCUT2D eigenvalue weighted by Gasteiger charge is -2.27. The summed E-state index contributed by atoms with van der Waals surface area (Å²) in [4.78, 5) is 11.4. The Morgan fingerprint density at radius 1 is 0.963 bits per heavy atom. The van der Waals surface area contributed by atoms with Gasteiger partial charge in [-0.2, -0.15) is 4.98 Å². The largest absolute Gasteiger partial charge is 0.370 e. The average Bonchev–Trinajstić information content (AvgIpc) is 2.68. The molecule has 2 aromatic carbocycles. The highest BCUT2D eigenvalue weighted by Crippen LogP contribution is 2.17. The van der Waals surface area contributed by atoms with Crippen LogP contribution >= 0.6 is 11.6 Å². The van der Waals surface area contributed by atoms with Gasteiger partial charge in [-0.1, -0.05) is 54.1 Å². The van der Waals surface area contributed by atoms with Crippen molar-refractivity contribution in [3.63, 3.8) is 0 Å². The topological polar surface area (TPSA) is 41.1 Å². The molecule has 0 spiro atoms. The summed E-state index contributed by atoms with van der Waals surface area (Å²) in [5.41, 5.74) is 2.49. The number of benzene rings is 2. The lowest BCUT2D eigenvalue weighted by Crippen LogP contribution is -2.31. The summed E-state index contributed by atoms with van der Waals surface area (Å²) in [6.07, 6.45) is 2.72. The normalized spacial score (nSPS) is 10.8. The van der Waals surface area contributed by atoms with Crippen LogP contribution in [0.15, 0.2) is 66.9 Å². The fraction of sp³-hybridized carbons (Fsp3) is 0.273. The van der Waals surface area contributed by atoms with E-state index in [1.165, 1.54) is 11.1 Å². The summed E-state index contributed by atoms with van der Waals surface area (Å²) in [7, 11) is 0. The van der Waals surface area contributed by atoms with Gasteiger partial charge in [0, 0.05) is 30.4 Å². The van der Waals surface area contributed by atoms with Gasteiger partial charge in [0.2, 0.25) is 5.95 Å². The first kappa shape index (κ1) is 19.2. The van der Waals surface area contributed by atoms with Crippen molar-refractivity contribution in [1.82, 2.24) is 9.97 Å². The van der Waals surface area contributed by atoms with E-state index in [-0.39, 0.29) is 0 Å². The molecular weight excluding hydrogens is 356 g/mol.